The number of carbonyl (C=O) groups is 1. The maximum atomic E-state index is 12.4. The van der Waals surface area contributed by atoms with Crippen LogP contribution in [0.5, 0.6) is 0 Å². The Labute approximate surface area is 90.6 Å². The molecule has 0 spiro atoms. The highest BCUT2D eigenvalue weighted by molar-refractivity contribution is 5.76. The van der Waals surface area contributed by atoms with E-state index >= 15 is 0 Å². The maximum Gasteiger partial charge on any atom is 0.324 e. The minimum absolute atomic E-state index is 0.0276. The maximum absolute atomic E-state index is 12.4. The van der Waals surface area contributed by atoms with E-state index in [-0.39, 0.29) is 12.5 Å². The third-order valence-electron chi connectivity index (χ3n) is 2.43. The SMILES string of the molecule is O=C(CC1CCCN1)NCC(F)(F)C(F)F. The predicted molar refractivity (Wildman–Crippen MR) is 49.6 cm³/mol. The van der Waals surface area contributed by atoms with E-state index in [0.29, 0.717) is 0 Å². The second-order valence-electron chi connectivity index (χ2n) is 3.84. The van der Waals surface area contributed by atoms with E-state index in [2.05, 4.69) is 5.32 Å². The van der Waals surface area contributed by atoms with Gasteiger partial charge in [0.1, 0.15) is 0 Å². The van der Waals surface area contributed by atoms with Crippen LogP contribution in [0.15, 0.2) is 0 Å². The molecule has 1 aliphatic heterocycles. The van der Waals surface area contributed by atoms with Crippen molar-refractivity contribution in [1.29, 1.82) is 0 Å². The number of alkyl halides is 4. The minimum atomic E-state index is -4.15. The summed E-state index contributed by atoms with van der Waals surface area (Å²) >= 11 is 0. The van der Waals surface area contributed by atoms with Gasteiger partial charge in [-0.05, 0) is 19.4 Å². The first-order valence-electron chi connectivity index (χ1n) is 5.08. The largest absolute Gasteiger partial charge is 0.350 e. The molecule has 1 saturated heterocycles. The summed E-state index contributed by atoms with van der Waals surface area (Å²) in [4.78, 5) is 11.1. The van der Waals surface area contributed by atoms with Crippen LogP contribution in [0.2, 0.25) is 0 Å². The van der Waals surface area contributed by atoms with E-state index in [1.165, 1.54) is 0 Å². The molecule has 2 N–H and O–H groups in total. The van der Waals surface area contributed by atoms with Crippen LogP contribution < -0.4 is 10.6 Å². The number of nitrogens with one attached hydrogen (secondary N) is 2. The Hall–Kier alpha value is -0.850. The summed E-state index contributed by atoms with van der Waals surface area (Å²) in [5.74, 6) is -4.78. The molecule has 1 rings (SSSR count). The van der Waals surface area contributed by atoms with Gasteiger partial charge in [0, 0.05) is 12.5 Å². The van der Waals surface area contributed by atoms with Gasteiger partial charge in [0.25, 0.3) is 0 Å². The van der Waals surface area contributed by atoms with Crippen molar-refractivity contribution in [3.05, 3.63) is 0 Å². The third-order valence-corrected chi connectivity index (χ3v) is 2.43. The van der Waals surface area contributed by atoms with Gasteiger partial charge in [-0.3, -0.25) is 4.79 Å². The Bertz CT molecular complexity index is 242. The molecule has 0 aliphatic carbocycles. The van der Waals surface area contributed by atoms with Gasteiger partial charge >= 0.3 is 12.3 Å². The van der Waals surface area contributed by atoms with E-state index in [0.717, 1.165) is 19.4 Å². The topological polar surface area (TPSA) is 41.1 Å². The van der Waals surface area contributed by atoms with Crippen LogP contribution in [0.1, 0.15) is 19.3 Å². The molecule has 1 amide bonds. The zero-order chi connectivity index (χ0) is 12.2. The summed E-state index contributed by atoms with van der Waals surface area (Å²) in [5.41, 5.74) is 0. The van der Waals surface area contributed by atoms with Crippen LogP contribution >= 0.6 is 0 Å². The van der Waals surface area contributed by atoms with Gasteiger partial charge in [0.2, 0.25) is 5.91 Å². The first-order valence-corrected chi connectivity index (χ1v) is 5.08. The van der Waals surface area contributed by atoms with Crippen molar-refractivity contribution in [3.63, 3.8) is 0 Å². The highest BCUT2D eigenvalue weighted by atomic mass is 19.3. The molecule has 94 valence electrons. The lowest BCUT2D eigenvalue weighted by Crippen LogP contribution is -2.42. The number of hydrogen-bond donors (Lipinski definition) is 2. The Morgan fingerprint density at radius 3 is 2.69 bits per heavy atom. The van der Waals surface area contributed by atoms with Crippen molar-refractivity contribution in [2.45, 2.75) is 37.7 Å². The van der Waals surface area contributed by atoms with Crippen LogP contribution in [0.4, 0.5) is 17.6 Å². The van der Waals surface area contributed by atoms with Gasteiger partial charge in [0.05, 0.1) is 6.54 Å². The van der Waals surface area contributed by atoms with Crippen molar-refractivity contribution in [3.8, 4) is 0 Å². The summed E-state index contributed by atoms with van der Waals surface area (Å²) in [6, 6.07) is -0.0276. The molecule has 0 saturated carbocycles. The average molecular weight is 242 g/mol. The molecular formula is C9H14F4N2O. The summed E-state index contributed by atoms with van der Waals surface area (Å²) in [6.45, 7) is -0.513. The smallest absolute Gasteiger partial charge is 0.324 e. The van der Waals surface area contributed by atoms with Crippen molar-refractivity contribution >= 4 is 5.91 Å². The van der Waals surface area contributed by atoms with E-state index in [1.54, 1.807) is 0 Å². The van der Waals surface area contributed by atoms with Gasteiger partial charge in [-0.15, -0.1) is 0 Å². The fraction of sp³-hybridized carbons (Fsp3) is 0.889. The molecular weight excluding hydrogens is 228 g/mol. The number of hydrogen-bond acceptors (Lipinski definition) is 2. The molecule has 1 heterocycles. The van der Waals surface area contributed by atoms with Crippen LogP contribution in [-0.2, 0) is 4.79 Å². The summed E-state index contributed by atoms with van der Waals surface area (Å²) in [6.07, 6.45) is -1.96. The molecule has 1 aliphatic rings. The zero-order valence-electron chi connectivity index (χ0n) is 8.61. The normalized spacial score (nSPS) is 21.4. The Morgan fingerprint density at radius 2 is 2.19 bits per heavy atom. The highest BCUT2D eigenvalue weighted by Gasteiger charge is 2.40. The predicted octanol–water partition coefficient (Wildman–Crippen LogP) is 1.15. The first-order chi connectivity index (χ1) is 7.42. The van der Waals surface area contributed by atoms with Crippen molar-refractivity contribution in [2.75, 3.05) is 13.1 Å². The number of halogens is 4. The molecule has 1 atom stereocenters. The van der Waals surface area contributed by atoms with E-state index in [9.17, 15) is 22.4 Å². The van der Waals surface area contributed by atoms with Gasteiger partial charge in [-0.2, -0.15) is 8.78 Å². The monoisotopic (exact) mass is 242 g/mol. The zero-order valence-corrected chi connectivity index (χ0v) is 8.61. The second-order valence-corrected chi connectivity index (χ2v) is 3.84. The average Bonchev–Trinajstić information content (AvgIpc) is 2.67. The Balaban J connectivity index is 2.24. The standard InChI is InChI=1S/C9H14F4N2O/c10-8(11)9(12,13)5-15-7(16)4-6-2-1-3-14-6/h6,8,14H,1-5H2,(H,15,16). The lowest BCUT2D eigenvalue weighted by Gasteiger charge is -2.16. The van der Waals surface area contributed by atoms with Crippen LogP contribution in [-0.4, -0.2) is 37.4 Å². The molecule has 0 aromatic heterocycles. The van der Waals surface area contributed by atoms with E-state index < -0.39 is 24.8 Å². The van der Waals surface area contributed by atoms with Crippen molar-refractivity contribution < 1.29 is 22.4 Å². The molecule has 0 aromatic carbocycles. The molecule has 1 fully saturated rings. The van der Waals surface area contributed by atoms with Crippen LogP contribution in [0, 0.1) is 0 Å². The molecule has 0 bridgehead atoms. The first kappa shape index (κ1) is 13.2. The van der Waals surface area contributed by atoms with Crippen LogP contribution in [0.3, 0.4) is 0 Å². The van der Waals surface area contributed by atoms with E-state index in [4.69, 9.17) is 0 Å². The van der Waals surface area contributed by atoms with Crippen LogP contribution in [0.25, 0.3) is 0 Å². The highest BCUT2D eigenvalue weighted by Crippen LogP contribution is 2.21. The lowest BCUT2D eigenvalue weighted by molar-refractivity contribution is -0.136. The van der Waals surface area contributed by atoms with Crippen molar-refractivity contribution in [1.82, 2.24) is 10.6 Å². The lowest BCUT2D eigenvalue weighted by atomic mass is 10.1. The summed E-state index contributed by atoms with van der Waals surface area (Å²) in [7, 11) is 0. The summed E-state index contributed by atoms with van der Waals surface area (Å²) < 4.78 is 48.4. The molecule has 3 nitrogen and oxygen atoms in total. The minimum Gasteiger partial charge on any atom is -0.350 e. The third kappa shape index (κ3) is 3.96. The Kier molecular flexibility index (Phi) is 4.52. The molecule has 0 aromatic rings. The van der Waals surface area contributed by atoms with Gasteiger partial charge in [-0.1, -0.05) is 0 Å². The van der Waals surface area contributed by atoms with Gasteiger partial charge in [-0.25, -0.2) is 8.78 Å². The molecule has 7 heteroatoms. The van der Waals surface area contributed by atoms with E-state index in [1.807, 2.05) is 5.32 Å². The van der Waals surface area contributed by atoms with Crippen molar-refractivity contribution in [2.24, 2.45) is 0 Å². The van der Waals surface area contributed by atoms with Gasteiger partial charge < -0.3 is 10.6 Å². The second kappa shape index (κ2) is 5.47. The molecule has 0 radical (unpaired) electrons. The fourth-order valence-electron chi connectivity index (χ4n) is 1.52. The van der Waals surface area contributed by atoms with Gasteiger partial charge in [0.15, 0.2) is 0 Å². The molecule has 16 heavy (non-hydrogen) atoms. The Morgan fingerprint density at radius 1 is 1.50 bits per heavy atom. The number of amides is 1. The quantitative estimate of drug-likeness (QED) is 0.710. The molecule has 1 unspecified atom stereocenters. The number of rotatable bonds is 5. The number of carbonyl (C=O) groups excluding carboxylic acids is 1. The fourth-order valence-corrected chi connectivity index (χ4v) is 1.52. The summed E-state index contributed by atoms with van der Waals surface area (Å²) in [5, 5.41) is 4.83.